The number of ether oxygens (including phenoxy) is 2. The average molecular weight is 388 g/mol. The topological polar surface area (TPSA) is 83.2 Å². The van der Waals surface area contributed by atoms with Crippen LogP contribution in [0.1, 0.15) is 21.9 Å². The first-order valence-corrected chi connectivity index (χ1v) is 8.83. The third kappa shape index (κ3) is 3.48. The van der Waals surface area contributed by atoms with Crippen molar-refractivity contribution in [3.8, 4) is 11.5 Å². The highest BCUT2D eigenvalue weighted by molar-refractivity contribution is 6.31. The number of carbonyl (C=O) groups excluding carboxylic acids is 1. The molecule has 9 heteroatoms. The van der Waals surface area contributed by atoms with Gasteiger partial charge in [0.15, 0.2) is 17.2 Å². The molecule has 0 spiro atoms. The van der Waals surface area contributed by atoms with Crippen molar-refractivity contribution in [3.05, 3.63) is 52.6 Å². The van der Waals surface area contributed by atoms with Crippen LogP contribution in [-0.4, -0.2) is 38.7 Å². The van der Waals surface area contributed by atoms with E-state index in [1.807, 2.05) is 13.8 Å². The SMILES string of the molecule is Cc1nn(Cn2ccc(C(=O)Nc3ccc4c(c3)OCCO4)n2)c(C)c1Cl. The maximum absolute atomic E-state index is 12.5. The Morgan fingerprint density at radius 1 is 1.19 bits per heavy atom. The maximum atomic E-state index is 12.5. The number of halogens is 1. The molecule has 1 amide bonds. The number of nitrogens with one attached hydrogen (secondary N) is 1. The molecule has 2 aromatic heterocycles. The fourth-order valence-electron chi connectivity index (χ4n) is 2.83. The van der Waals surface area contributed by atoms with Crippen molar-refractivity contribution in [1.29, 1.82) is 0 Å². The summed E-state index contributed by atoms with van der Waals surface area (Å²) in [6.45, 7) is 5.13. The summed E-state index contributed by atoms with van der Waals surface area (Å²) < 4.78 is 14.4. The molecule has 0 fully saturated rings. The summed E-state index contributed by atoms with van der Waals surface area (Å²) in [6, 6.07) is 6.93. The van der Waals surface area contributed by atoms with E-state index in [0.29, 0.717) is 47.8 Å². The van der Waals surface area contributed by atoms with E-state index in [1.54, 1.807) is 39.8 Å². The van der Waals surface area contributed by atoms with Gasteiger partial charge in [0.2, 0.25) is 0 Å². The first-order valence-electron chi connectivity index (χ1n) is 8.45. The van der Waals surface area contributed by atoms with Crippen molar-refractivity contribution >= 4 is 23.2 Å². The van der Waals surface area contributed by atoms with Crippen LogP contribution in [0.3, 0.4) is 0 Å². The minimum atomic E-state index is -0.308. The Balaban J connectivity index is 1.46. The second-order valence-electron chi connectivity index (χ2n) is 6.18. The lowest BCUT2D eigenvalue weighted by atomic mass is 10.2. The lowest BCUT2D eigenvalue weighted by molar-refractivity contribution is 0.102. The van der Waals surface area contributed by atoms with Crippen molar-refractivity contribution in [1.82, 2.24) is 19.6 Å². The fraction of sp³-hybridized carbons (Fsp3) is 0.278. The molecule has 8 nitrogen and oxygen atoms in total. The Morgan fingerprint density at radius 2 is 1.96 bits per heavy atom. The molecule has 140 valence electrons. The molecule has 1 N–H and O–H groups in total. The van der Waals surface area contributed by atoms with Crippen molar-refractivity contribution in [2.24, 2.45) is 0 Å². The Kier molecular flexibility index (Phi) is 4.49. The van der Waals surface area contributed by atoms with Crippen LogP contribution in [0.2, 0.25) is 5.02 Å². The number of aryl methyl sites for hydroxylation is 1. The van der Waals surface area contributed by atoms with Gasteiger partial charge in [0.1, 0.15) is 19.9 Å². The van der Waals surface area contributed by atoms with E-state index in [4.69, 9.17) is 21.1 Å². The van der Waals surface area contributed by atoms with Crippen LogP contribution in [-0.2, 0) is 6.67 Å². The molecule has 0 radical (unpaired) electrons. The summed E-state index contributed by atoms with van der Waals surface area (Å²) in [5.41, 5.74) is 2.53. The summed E-state index contributed by atoms with van der Waals surface area (Å²) >= 11 is 6.16. The van der Waals surface area contributed by atoms with Crippen LogP contribution < -0.4 is 14.8 Å². The minimum absolute atomic E-state index is 0.303. The molecule has 4 rings (SSSR count). The number of benzene rings is 1. The summed E-state index contributed by atoms with van der Waals surface area (Å²) in [4.78, 5) is 12.5. The maximum Gasteiger partial charge on any atom is 0.276 e. The Hall–Kier alpha value is -3.00. The first-order chi connectivity index (χ1) is 13.0. The molecule has 27 heavy (non-hydrogen) atoms. The van der Waals surface area contributed by atoms with Crippen LogP contribution in [0.4, 0.5) is 5.69 Å². The summed E-state index contributed by atoms with van der Waals surface area (Å²) in [7, 11) is 0. The van der Waals surface area contributed by atoms with Gasteiger partial charge in [-0.2, -0.15) is 10.2 Å². The zero-order chi connectivity index (χ0) is 19.0. The number of rotatable bonds is 4. The van der Waals surface area contributed by atoms with E-state index in [-0.39, 0.29) is 5.91 Å². The molecule has 0 saturated carbocycles. The van der Waals surface area contributed by atoms with Crippen molar-refractivity contribution < 1.29 is 14.3 Å². The van der Waals surface area contributed by atoms with Gasteiger partial charge in [-0.1, -0.05) is 11.6 Å². The molecule has 1 aromatic carbocycles. The third-order valence-electron chi connectivity index (χ3n) is 4.25. The van der Waals surface area contributed by atoms with Gasteiger partial charge >= 0.3 is 0 Å². The Morgan fingerprint density at radius 3 is 2.70 bits per heavy atom. The molecule has 0 aliphatic carbocycles. The molecule has 0 atom stereocenters. The molecule has 3 heterocycles. The highest BCUT2D eigenvalue weighted by Crippen LogP contribution is 2.32. The van der Waals surface area contributed by atoms with Crippen LogP contribution in [0, 0.1) is 13.8 Å². The standard InChI is InChI=1S/C18H18ClN5O3/c1-11-17(19)12(2)24(21-11)10-23-6-5-14(22-23)18(25)20-13-3-4-15-16(9-13)27-8-7-26-15/h3-6,9H,7-8,10H2,1-2H3,(H,20,25). The van der Waals surface area contributed by atoms with E-state index < -0.39 is 0 Å². The van der Waals surface area contributed by atoms with Crippen LogP contribution in [0.25, 0.3) is 0 Å². The first kappa shape index (κ1) is 17.4. The highest BCUT2D eigenvalue weighted by Gasteiger charge is 2.15. The minimum Gasteiger partial charge on any atom is -0.486 e. The van der Waals surface area contributed by atoms with Crippen LogP contribution in [0.15, 0.2) is 30.5 Å². The number of carbonyl (C=O) groups is 1. The van der Waals surface area contributed by atoms with Crippen molar-refractivity contribution in [2.45, 2.75) is 20.5 Å². The second kappa shape index (κ2) is 6.96. The smallest absolute Gasteiger partial charge is 0.276 e. The molecule has 0 bridgehead atoms. The van der Waals surface area contributed by atoms with Gasteiger partial charge in [-0.3, -0.25) is 9.48 Å². The Labute approximate surface area is 160 Å². The summed E-state index contributed by atoms with van der Waals surface area (Å²) in [5.74, 6) is 0.981. The van der Waals surface area contributed by atoms with Crippen LogP contribution in [0.5, 0.6) is 11.5 Å². The lowest BCUT2D eigenvalue weighted by Gasteiger charge is -2.18. The largest absolute Gasteiger partial charge is 0.486 e. The van der Waals surface area contributed by atoms with Gasteiger partial charge in [0.05, 0.1) is 16.4 Å². The predicted molar refractivity (Wildman–Crippen MR) is 99.7 cm³/mol. The molecular formula is C18H18ClN5O3. The quantitative estimate of drug-likeness (QED) is 0.744. The van der Waals surface area contributed by atoms with E-state index in [1.165, 1.54) is 0 Å². The predicted octanol–water partition coefficient (Wildman–Crippen LogP) is 2.88. The van der Waals surface area contributed by atoms with E-state index in [9.17, 15) is 4.79 Å². The van der Waals surface area contributed by atoms with Gasteiger partial charge in [-0.15, -0.1) is 0 Å². The van der Waals surface area contributed by atoms with Gasteiger partial charge < -0.3 is 14.8 Å². The second-order valence-corrected chi connectivity index (χ2v) is 6.56. The van der Waals surface area contributed by atoms with Gasteiger partial charge in [0.25, 0.3) is 5.91 Å². The zero-order valence-corrected chi connectivity index (χ0v) is 15.7. The van der Waals surface area contributed by atoms with E-state index in [0.717, 1.165) is 11.4 Å². The number of aromatic nitrogens is 4. The number of hydrogen-bond acceptors (Lipinski definition) is 5. The molecule has 0 unspecified atom stereocenters. The molecule has 1 aliphatic heterocycles. The number of fused-ring (bicyclic) bond motifs is 1. The van der Waals surface area contributed by atoms with E-state index in [2.05, 4.69) is 15.5 Å². The number of hydrogen-bond donors (Lipinski definition) is 1. The van der Waals surface area contributed by atoms with Crippen molar-refractivity contribution in [2.75, 3.05) is 18.5 Å². The average Bonchev–Trinajstić information content (AvgIpc) is 3.23. The fourth-order valence-corrected chi connectivity index (χ4v) is 2.96. The molecular weight excluding hydrogens is 370 g/mol. The lowest BCUT2D eigenvalue weighted by Crippen LogP contribution is -2.17. The van der Waals surface area contributed by atoms with Gasteiger partial charge in [-0.25, -0.2) is 4.68 Å². The Bertz CT molecular complexity index is 1010. The van der Waals surface area contributed by atoms with Crippen LogP contribution >= 0.6 is 11.6 Å². The molecule has 3 aromatic rings. The molecule has 0 saturated heterocycles. The number of nitrogens with zero attached hydrogens (tertiary/aromatic N) is 4. The van der Waals surface area contributed by atoms with Gasteiger partial charge in [-0.05, 0) is 32.0 Å². The zero-order valence-electron chi connectivity index (χ0n) is 14.9. The van der Waals surface area contributed by atoms with Crippen molar-refractivity contribution in [3.63, 3.8) is 0 Å². The monoisotopic (exact) mass is 387 g/mol. The number of amides is 1. The highest BCUT2D eigenvalue weighted by atomic mass is 35.5. The summed E-state index contributed by atoms with van der Waals surface area (Å²) in [6.07, 6.45) is 1.73. The normalized spacial score (nSPS) is 12.9. The van der Waals surface area contributed by atoms with Gasteiger partial charge in [0, 0.05) is 18.0 Å². The summed E-state index contributed by atoms with van der Waals surface area (Å²) in [5, 5.41) is 12.1. The molecule has 1 aliphatic rings. The van der Waals surface area contributed by atoms with E-state index >= 15 is 0 Å². The third-order valence-corrected chi connectivity index (χ3v) is 4.79. The number of anilines is 1.